The van der Waals surface area contributed by atoms with Gasteiger partial charge >= 0.3 is 6.03 Å². The van der Waals surface area contributed by atoms with Crippen molar-refractivity contribution in [3.8, 4) is 0 Å². The number of imide groups is 1. The molecule has 10 heteroatoms. The number of hydrogen-bond donors (Lipinski definition) is 1. The van der Waals surface area contributed by atoms with E-state index in [-0.39, 0.29) is 10.8 Å². The monoisotopic (exact) mass is 476 g/mol. The number of anilines is 1. The summed E-state index contributed by atoms with van der Waals surface area (Å²) in [6.07, 6.45) is 6.70. The van der Waals surface area contributed by atoms with Crippen LogP contribution in [0, 0.1) is 6.92 Å². The first-order valence-corrected chi connectivity index (χ1v) is 13.1. The molecule has 2 saturated heterocycles. The number of aryl methyl sites for hydroxylation is 1. The molecule has 1 aromatic rings. The molecule has 0 radical (unpaired) electrons. The van der Waals surface area contributed by atoms with E-state index in [1.54, 1.807) is 26.1 Å². The molecule has 1 saturated carbocycles. The van der Waals surface area contributed by atoms with Crippen LogP contribution in [0.3, 0.4) is 0 Å². The topological polar surface area (TPSA) is 107 Å². The van der Waals surface area contributed by atoms with Gasteiger partial charge in [-0.1, -0.05) is 31.7 Å². The quantitative estimate of drug-likeness (QED) is 0.658. The highest BCUT2D eigenvalue weighted by Crippen LogP contribution is 2.39. The van der Waals surface area contributed by atoms with Gasteiger partial charge in [0.25, 0.3) is 5.91 Å². The van der Waals surface area contributed by atoms with Gasteiger partial charge in [-0.15, -0.1) is 0 Å². The van der Waals surface area contributed by atoms with E-state index in [1.165, 1.54) is 15.3 Å². The third-order valence-electron chi connectivity index (χ3n) is 7.19. The molecule has 33 heavy (non-hydrogen) atoms. The molecule has 3 fully saturated rings. The van der Waals surface area contributed by atoms with Crippen molar-refractivity contribution in [2.45, 2.75) is 68.7 Å². The highest BCUT2D eigenvalue weighted by Gasteiger charge is 2.55. The van der Waals surface area contributed by atoms with E-state index >= 15 is 0 Å². The first kappa shape index (κ1) is 23.7. The average molecular weight is 477 g/mol. The molecule has 3 aliphatic rings. The minimum Gasteiger partial charge on any atom is -0.324 e. The molecule has 9 nitrogen and oxygen atoms in total. The van der Waals surface area contributed by atoms with Gasteiger partial charge in [-0.3, -0.25) is 14.5 Å². The van der Waals surface area contributed by atoms with Crippen LogP contribution in [0.5, 0.6) is 0 Å². The number of nitrogens with one attached hydrogen (secondary N) is 1. The second-order valence-corrected chi connectivity index (χ2v) is 11.2. The second kappa shape index (κ2) is 9.06. The van der Waals surface area contributed by atoms with Crippen LogP contribution in [0.1, 0.15) is 56.9 Å². The zero-order valence-electron chi connectivity index (χ0n) is 19.3. The normalized spacial score (nSPS) is 21.6. The molecule has 1 aromatic carbocycles. The lowest BCUT2D eigenvalue weighted by Gasteiger charge is -2.35. The number of sulfonamides is 1. The first-order valence-electron chi connectivity index (χ1n) is 11.7. The van der Waals surface area contributed by atoms with Crippen LogP contribution in [0.2, 0.25) is 0 Å². The molecule has 2 heterocycles. The Bertz CT molecular complexity index is 1060. The lowest BCUT2D eigenvalue weighted by atomic mass is 9.81. The van der Waals surface area contributed by atoms with Crippen LogP contribution in [-0.4, -0.2) is 72.6 Å². The van der Waals surface area contributed by atoms with E-state index in [4.69, 9.17) is 0 Å². The summed E-state index contributed by atoms with van der Waals surface area (Å²) in [7, 11) is -2.03. The number of rotatable bonds is 5. The number of likely N-dealkylation sites (N-methyl/N-ethyl adjacent to an activating group) is 1. The maximum atomic E-state index is 13.1. The molecule has 0 bridgehead atoms. The van der Waals surface area contributed by atoms with Crippen molar-refractivity contribution in [1.29, 1.82) is 0 Å². The van der Waals surface area contributed by atoms with Gasteiger partial charge in [-0.05, 0) is 50.3 Å². The number of benzene rings is 1. The summed E-state index contributed by atoms with van der Waals surface area (Å²) < 4.78 is 27.7. The number of urea groups is 1. The van der Waals surface area contributed by atoms with Crippen molar-refractivity contribution in [3.63, 3.8) is 0 Å². The van der Waals surface area contributed by atoms with Crippen LogP contribution in [0.15, 0.2) is 23.1 Å². The fourth-order valence-corrected chi connectivity index (χ4v) is 6.98. The number of piperidine rings is 1. The standard InChI is InChI=1S/C23H32N4O5S/c1-17-9-10-18(15-19(17)33(31,32)26-13-7-4-8-14-26)24-20(28)16-27-21(29)23(25(2)22(27)30)11-5-3-6-12-23/h9-10,15H,3-8,11-14,16H2,1-2H3,(H,24,28). The minimum absolute atomic E-state index is 0.163. The Morgan fingerprint density at radius 1 is 1.03 bits per heavy atom. The number of amides is 4. The fourth-order valence-electron chi connectivity index (χ4n) is 5.22. The molecule has 1 spiro atoms. The molecule has 4 rings (SSSR count). The van der Waals surface area contributed by atoms with E-state index in [9.17, 15) is 22.8 Å². The van der Waals surface area contributed by atoms with E-state index in [1.807, 2.05) is 0 Å². The van der Waals surface area contributed by atoms with Crippen LogP contribution < -0.4 is 5.32 Å². The van der Waals surface area contributed by atoms with Gasteiger partial charge in [0.05, 0.1) is 4.90 Å². The summed E-state index contributed by atoms with van der Waals surface area (Å²) in [6.45, 7) is 2.31. The Hall–Kier alpha value is -2.46. The summed E-state index contributed by atoms with van der Waals surface area (Å²) in [4.78, 5) is 41.3. The Labute approximate surface area is 195 Å². The molecule has 0 unspecified atom stereocenters. The van der Waals surface area contributed by atoms with Crippen molar-refractivity contribution in [1.82, 2.24) is 14.1 Å². The molecule has 2 aliphatic heterocycles. The zero-order chi connectivity index (χ0) is 23.8. The van der Waals surface area contributed by atoms with Crippen molar-refractivity contribution in [2.24, 2.45) is 0 Å². The number of carbonyl (C=O) groups is 3. The second-order valence-electron chi connectivity index (χ2n) is 9.32. The maximum Gasteiger partial charge on any atom is 0.327 e. The maximum absolute atomic E-state index is 13.1. The van der Waals surface area contributed by atoms with Gasteiger partial charge in [-0.2, -0.15) is 4.31 Å². The van der Waals surface area contributed by atoms with Crippen LogP contribution >= 0.6 is 0 Å². The molecule has 0 aromatic heterocycles. The van der Waals surface area contributed by atoms with Crippen LogP contribution in [0.25, 0.3) is 0 Å². The highest BCUT2D eigenvalue weighted by atomic mass is 32.2. The van der Waals surface area contributed by atoms with Crippen LogP contribution in [0.4, 0.5) is 10.5 Å². The van der Waals surface area contributed by atoms with Gasteiger partial charge in [0.2, 0.25) is 15.9 Å². The van der Waals surface area contributed by atoms with E-state index in [2.05, 4.69) is 5.32 Å². The summed E-state index contributed by atoms with van der Waals surface area (Å²) in [5, 5.41) is 2.67. The van der Waals surface area contributed by atoms with Gasteiger partial charge in [-0.25, -0.2) is 13.2 Å². The Morgan fingerprint density at radius 3 is 2.33 bits per heavy atom. The third kappa shape index (κ3) is 4.26. The SMILES string of the molecule is Cc1ccc(NC(=O)CN2C(=O)N(C)C3(CCCCC3)C2=O)cc1S(=O)(=O)N1CCCCC1. The van der Waals surface area contributed by atoms with Gasteiger partial charge in [0.15, 0.2) is 0 Å². The molecular weight excluding hydrogens is 444 g/mol. The predicted octanol–water partition coefficient (Wildman–Crippen LogP) is 2.71. The molecule has 4 amide bonds. The Morgan fingerprint density at radius 2 is 1.67 bits per heavy atom. The predicted molar refractivity (Wildman–Crippen MR) is 123 cm³/mol. The fraction of sp³-hybridized carbons (Fsp3) is 0.609. The summed E-state index contributed by atoms with van der Waals surface area (Å²) in [6, 6.07) is 4.28. The summed E-state index contributed by atoms with van der Waals surface area (Å²) in [5.41, 5.74) is 0.0835. The van der Waals surface area contributed by atoms with Gasteiger partial charge in [0.1, 0.15) is 12.1 Å². The lowest BCUT2D eigenvalue weighted by molar-refractivity contribution is -0.136. The summed E-state index contributed by atoms with van der Waals surface area (Å²) in [5.74, 6) is -0.856. The average Bonchev–Trinajstić information content (AvgIpc) is 2.97. The number of nitrogens with zero attached hydrogens (tertiary/aromatic N) is 3. The van der Waals surface area contributed by atoms with Crippen molar-refractivity contribution in [3.05, 3.63) is 23.8 Å². The van der Waals surface area contributed by atoms with Gasteiger partial charge in [0, 0.05) is 25.8 Å². The summed E-state index contributed by atoms with van der Waals surface area (Å²) >= 11 is 0. The molecule has 180 valence electrons. The Balaban J connectivity index is 1.48. The smallest absolute Gasteiger partial charge is 0.324 e. The third-order valence-corrected chi connectivity index (χ3v) is 9.23. The van der Waals surface area contributed by atoms with Crippen molar-refractivity contribution in [2.75, 3.05) is 32.0 Å². The zero-order valence-corrected chi connectivity index (χ0v) is 20.1. The minimum atomic E-state index is -3.66. The largest absolute Gasteiger partial charge is 0.327 e. The van der Waals surface area contributed by atoms with Crippen molar-refractivity contribution >= 4 is 33.6 Å². The number of carbonyl (C=O) groups excluding carboxylic acids is 3. The lowest BCUT2D eigenvalue weighted by Crippen LogP contribution is -2.49. The van der Waals surface area contributed by atoms with E-state index in [0.29, 0.717) is 37.2 Å². The van der Waals surface area contributed by atoms with E-state index in [0.717, 1.165) is 43.4 Å². The molecular formula is C23H32N4O5S. The van der Waals surface area contributed by atoms with Crippen molar-refractivity contribution < 1.29 is 22.8 Å². The molecule has 0 atom stereocenters. The Kier molecular flexibility index (Phi) is 6.50. The van der Waals surface area contributed by atoms with Gasteiger partial charge < -0.3 is 10.2 Å². The van der Waals surface area contributed by atoms with E-state index < -0.39 is 34.0 Å². The number of hydrogen-bond acceptors (Lipinski definition) is 5. The highest BCUT2D eigenvalue weighted by molar-refractivity contribution is 7.89. The first-order chi connectivity index (χ1) is 15.7. The molecule has 1 N–H and O–H groups in total. The van der Waals surface area contributed by atoms with Crippen LogP contribution in [-0.2, 0) is 19.6 Å². The molecule has 1 aliphatic carbocycles.